The van der Waals surface area contributed by atoms with Crippen LogP contribution in [-0.4, -0.2) is 19.4 Å². The lowest BCUT2D eigenvalue weighted by atomic mass is 10.0. The van der Waals surface area contributed by atoms with E-state index in [0.717, 1.165) is 5.56 Å². The van der Waals surface area contributed by atoms with Crippen molar-refractivity contribution in [3.05, 3.63) is 29.8 Å². The molecule has 1 atom stereocenters. The fraction of sp³-hybridized carbons (Fsp3) is 0.500. The van der Waals surface area contributed by atoms with Crippen molar-refractivity contribution in [1.29, 1.82) is 0 Å². The lowest BCUT2D eigenvalue weighted by Crippen LogP contribution is -2.16. The minimum absolute atomic E-state index is 0.0436. The SMILES string of the molecule is CC(C(=O)OCOCC1CC1)c1cccc(N)c1. The fourth-order valence-electron chi connectivity index (χ4n) is 1.69. The summed E-state index contributed by atoms with van der Waals surface area (Å²) in [5.74, 6) is 0.0736. The molecule has 1 aliphatic carbocycles. The summed E-state index contributed by atoms with van der Waals surface area (Å²) in [6.07, 6.45) is 2.46. The van der Waals surface area contributed by atoms with Crippen molar-refractivity contribution in [2.24, 2.45) is 5.92 Å². The second-order valence-corrected chi connectivity index (χ2v) is 4.79. The summed E-state index contributed by atoms with van der Waals surface area (Å²) in [5.41, 5.74) is 7.19. The van der Waals surface area contributed by atoms with Crippen LogP contribution >= 0.6 is 0 Å². The van der Waals surface area contributed by atoms with Crippen LogP contribution in [0, 0.1) is 5.92 Å². The van der Waals surface area contributed by atoms with E-state index in [9.17, 15) is 4.79 Å². The van der Waals surface area contributed by atoms with Gasteiger partial charge in [0.2, 0.25) is 0 Å². The van der Waals surface area contributed by atoms with Gasteiger partial charge in [-0.1, -0.05) is 12.1 Å². The number of nitrogen functional groups attached to an aromatic ring is 1. The second-order valence-electron chi connectivity index (χ2n) is 4.79. The van der Waals surface area contributed by atoms with Gasteiger partial charge in [0.1, 0.15) is 0 Å². The lowest BCUT2D eigenvalue weighted by Gasteiger charge is -2.12. The highest BCUT2D eigenvalue weighted by Crippen LogP contribution is 2.28. The van der Waals surface area contributed by atoms with E-state index in [2.05, 4.69) is 0 Å². The largest absolute Gasteiger partial charge is 0.438 e. The summed E-state index contributed by atoms with van der Waals surface area (Å²) >= 11 is 0. The summed E-state index contributed by atoms with van der Waals surface area (Å²) in [6, 6.07) is 7.28. The third kappa shape index (κ3) is 3.74. The van der Waals surface area contributed by atoms with Crippen LogP contribution in [0.15, 0.2) is 24.3 Å². The first-order valence-corrected chi connectivity index (χ1v) is 6.26. The van der Waals surface area contributed by atoms with E-state index in [0.29, 0.717) is 18.2 Å². The zero-order valence-electron chi connectivity index (χ0n) is 10.6. The van der Waals surface area contributed by atoms with Crippen LogP contribution in [0.3, 0.4) is 0 Å². The number of carbonyl (C=O) groups excluding carboxylic acids is 1. The normalized spacial score (nSPS) is 16.3. The number of carbonyl (C=O) groups is 1. The predicted molar refractivity (Wildman–Crippen MR) is 68.9 cm³/mol. The molecule has 2 rings (SSSR count). The van der Waals surface area contributed by atoms with Gasteiger partial charge in [0.25, 0.3) is 0 Å². The highest BCUT2D eigenvalue weighted by atomic mass is 16.7. The number of anilines is 1. The van der Waals surface area contributed by atoms with E-state index in [4.69, 9.17) is 15.2 Å². The second kappa shape index (κ2) is 5.87. The summed E-state index contributed by atoms with van der Waals surface area (Å²) in [5, 5.41) is 0. The molecule has 1 aromatic carbocycles. The Morgan fingerprint density at radius 1 is 1.50 bits per heavy atom. The van der Waals surface area contributed by atoms with Crippen LogP contribution in [0.5, 0.6) is 0 Å². The highest BCUT2D eigenvalue weighted by molar-refractivity contribution is 5.78. The van der Waals surface area contributed by atoms with E-state index >= 15 is 0 Å². The van der Waals surface area contributed by atoms with Crippen molar-refractivity contribution in [1.82, 2.24) is 0 Å². The van der Waals surface area contributed by atoms with Gasteiger partial charge in [0, 0.05) is 5.69 Å². The molecule has 1 saturated carbocycles. The van der Waals surface area contributed by atoms with E-state index in [1.165, 1.54) is 12.8 Å². The monoisotopic (exact) mass is 249 g/mol. The van der Waals surface area contributed by atoms with Gasteiger partial charge in [0.15, 0.2) is 6.79 Å². The Labute approximate surface area is 107 Å². The standard InChI is InChI=1S/C14H19NO3/c1-10(12-3-2-4-13(15)7-12)14(16)18-9-17-8-11-5-6-11/h2-4,7,10-11H,5-6,8-9,15H2,1H3. The van der Waals surface area contributed by atoms with Crippen molar-refractivity contribution in [3.63, 3.8) is 0 Å². The van der Waals surface area contributed by atoms with Crippen LogP contribution in [0.4, 0.5) is 5.69 Å². The van der Waals surface area contributed by atoms with E-state index in [1.807, 2.05) is 12.1 Å². The van der Waals surface area contributed by atoms with E-state index in [1.54, 1.807) is 19.1 Å². The molecule has 0 heterocycles. The molecule has 0 aromatic heterocycles. The summed E-state index contributed by atoms with van der Waals surface area (Å²) in [4.78, 5) is 11.8. The topological polar surface area (TPSA) is 61.5 Å². The number of esters is 1. The Morgan fingerprint density at radius 3 is 2.94 bits per heavy atom. The number of ether oxygens (including phenoxy) is 2. The van der Waals surface area contributed by atoms with Crippen molar-refractivity contribution >= 4 is 11.7 Å². The number of nitrogens with two attached hydrogens (primary N) is 1. The van der Waals surface area contributed by atoms with Crippen molar-refractivity contribution < 1.29 is 14.3 Å². The molecule has 1 aromatic rings. The number of rotatable bonds is 6. The first-order chi connectivity index (χ1) is 8.66. The summed E-state index contributed by atoms with van der Waals surface area (Å²) in [6.45, 7) is 2.54. The average Bonchev–Trinajstić information content (AvgIpc) is 3.17. The zero-order valence-corrected chi connectivity index (χ0v) is 10.6. The molecule has 18 heavy (non-hydrogen) atoms. The average molecular weight is 249 g/mol. The first kappa shape index (κ1) is 12.9. The molecule has 0 aliphatic heterocycles. The molecule has 1 unspecified atom stereocenters. The molecule has 4 heteroatoms. The molecular weight excluding hydrogens is 230 g/mol. The smallest absolute Gasteiger partial charge is 0.315 e. The van der Waals surface area contributed by atoms with Crippen LogP contribution in [0.1, 0.15) is 31.2 Å². The Morgan fingerprint density at radius 2 is 2.28 bits per heavy atom. The van der Waals surface area contributed by atoms with Gasteiger partial charge in [-0.25, -0.2) is 0 Å². The lowest BCUT2D eigenvalue weighted by molar-refractivity contribution is -0.158. The highest BCUT2D eigenvalue weighted by Gasteiger charge is 2.22. The minimum atomic E-state index is -0.321. The van der Waals surface area contributed by atoms with Crippen molar-refractivity contribution in [2.45, 2.75) is 25.7 Å². The Hall–Kier alpha value is -1.55. The van der Waals surface area contributed by atoms with Crippen molar-refractivity contribution in [2.75, 3.05) is 19.1 Å². The predicted octanol–water partition coefficient (Wildman–Crippen LogP) is 2.30. The summed E-state index contributed by atoms with van der Waals surface area (Å²) in [7, 11) is 0. The van der Waals surface area contributed by atoms with Gasteiger partial charge in [-0.2, -0.15) is 0 Å². The van der Waals surface area contributed by atoms with Gasteiger partial charge in [-0.3, -0.25) is 4.79 Å². The maximum atomic E-state index is 11.8. The zero-order chi connectivity index (χ0) is 13.0. The third-order valence-electron chi connectivity index (χ3n) is 3.10. The molecule has 0 radical (unpaired) electrons. The van der Waals surface area contributed by atoms with E-state index < -0.39 is 0 Å². The number of hydrogen-bond acceptors (Lipinski definition) is 4. The molecule has 0 spiro atoms. The first-order valence-electron chi connectivity index (χ1n) is 6.26. The molecule has 0 saturated heterocycles. The van der Waals surface area contributed by atoms with E-state index in [-0.39, 0.29) is 18.7 Å². The van der Waals surface area contributed by atoms with Gasteiger partial charge >= 0.3 is 5.97 Å². The fourth-order valence-corrected chi connectivity index (χ4v) is 1.69. The summed E-state index contributed by atoms with van der Waals surface area (Å²) < 4.78 is 10.3. The molecule has 0 amide bonds. The molecule has 0 bridgehead atoms. The molecule has 2 N–H and O–H groups in total. The molecule has 1 fully saturated rings. The molecular formula is C14H19NO3. The minimum Gasteiger partial charge on any atom is -0.438 e. The molecule has 4 nitrogen and oxygen atoms in total. The maximum absolute atomic E-state index is 11.8. The number of hydrogen-bond donors (Lipinski definition) is 1. The Balaban J connectivity index is 1.76. The van der Waals surface area contributed by atoms with Gasteiger partial charge < -0.3 is 15.2 Å². The van der Waals surface area contributed by atoms with Gasteiger partial charge in [0.05, 0.1) is 12.5 Å². The number of benzene rings is 1. The molecule has 1 aliphatic rings. The van der Waals surface area contributed by atoms with Crippen LogP contribution < -0.4 is 5.73 Å². The van der Waals surface area contributed by atoms with Gasteiger partial charge in [-0.15, -0.1) is 0 Å². The van der Waals surface area contributed by atoms with Crippen molar-refractivity contribution in [3.8, 4) is 0 Å². The van der Waals surface area contributed by atoms with Crippen LogP contribution in [0.2, 0.25) is 0 Å². The maximum Gasteiger partial charge on any atom is 0.315 e. The van der Waals surface area contributed by atoms with Crippen LogP contribution in [0.25, 0.3) is 0 Å². The Bertz CT molecular complexity index is 415. The third-order valence-corrected chi connectivity index (χ3v) is 3.10. The quantitative estimate of drug-likeness (QED) is 0.364. The molecule has 98 valence electrons. The van der Waals surface area contributed by atoms with Gasteiger partial charge in [-0.05, 0) is 43.4 Å². The Kier molecular flexibility index (Phi) is 4.20. The van der Waals surface area contributed by atoms with Crippen LogP contribution in [-0.2, 0) is 14.3 Å².